The van der Waals surface area contributed by atoms with Crippen LogP contribution in [0.2, 0.25) is 0 Å². The van der Waals surface area contributed by atoms with Gasteiger partial charge in [-0.05, 0) is 5.92 Å². The van der Waals surface area contributed by atoms with Gasteiger partial charge in [-0.15, -0.1) is 0 Å². The lowest BCUT2D eigenvalue weighted by atomic mass is 9.89. The molecule has 2 amide bonds. The van der Waals surface area contributed by atoms with Gasteiger partial charge in [-0.25, -0.2) is 9.59 Å². The molecule has 0 saturated carbocycles. The van der Waals surface area contributed by atoms with E-state index in [0.29, 0.717) is 5.92 Å². The van der Waals surface area contributed by atoms with Crippen LogP contribution in [-0.2, 0) is 9.47 Å². The highest BCUT2D eigenvalue weighted by Gasteiger charge is 2.21. The fraction of sp³-hybridized carbons (Fsp3) is 0.800. The maximum Gasteiger partial charge on any atom is 0.404 e. The average molecular weight is 232 g/mol. The first kappa shape index (κ1) is 14.5. The molecule has 0 fully saturated rings. The van der Waals surface area contributed by atoms with Gasteiger partial charge < -0.3 is 20.9 Å². The van der Waals surface area contributed by atoms with Gasteiger partial charge in [0.1, 0.15) is 0 Å². The summed E-state index contributed by atoms with van der Waals surface area (Å²) in [6.07, 6.45) is 0.168. The molecule has 0 saturated heterocycles. The van der Waals surface area contributed by atoms with Gasteiger partial charge >= 0.3 is 12.2 Å². The Morgan fingerprint density at radius 1 is 0.938 bits per heavy atom. The highest BCUT2D eigenvalue weighted by molar-refractivity contribution is 5.65. The molecule has 0 aromatic heterocycles. The third-order valence-electron chi connectivity index (χ3n) is 2.59. The van der Waals surface area contributed by atoms with Crippen LogP contribution in [0.1, 0.15) is 26.7 Å². The number of hydrogen-bond donors (Lipinski definition) is 2. The van der Waals surface area contributed by atoms with E-state index in [0.717, 1.165) is 12.8 Å². The van der Waals surface area contributed by atoms with Crippen LogP contribution in [0, 0.1) is 11.8 Å². The van der Waals surface area contributed by atoms with Gasteiger partial charge in [-0.3, -0.25) is 0 Å². The fourth-order valence-corrected chi connectivity index (χ4v) is 1.65. The topological polar surface area (TPSA) is 105 Å². The molecule has 0 heterocycles. The summed E-state index contributed by atoms with van der Waals surface area (Å²) in [6, 6.07) is 0. The van der Waals surface area contributed by atoms with E-state index in [4.69, 9.17) is 20.9 Å². The predicted octanol–water partition coefficient (Wildman–Crippen LogP) is 1.23. The van der Waals surface area contributed by atoms with Crippen LogP contribution < -0.4 is 11.5 Å². The minimum Gasteiger partial charge on any atom is -0.449 e. The minimum atomic E-state index is -0.824. The Hall–Kier alpha value is -1.46. The third-order valence-corrected chi connectivity index (χ3v) is 2.59. The van der Waals surface area contributed by atoms with Crippen molar-refractivity contribution in [3.05, 3.63) is 0 Å². The summed E-state index contributed by atoms with van der Waals surface area (Å²) in [4.78, 5) is 21.0. The first-order valence-corrected chi connectivity index (χ1v) is 5.35. The zero-order valence-corrected chi connectivity index (χ0v) is 9.77. The standard InChI is InChI=1S/C10H20N2O4/c1-3-7(4-2)8(5-15-9(11)13)6-16-10(12)14/h7-8H,3-6H2,1-2H3,(H2,11,13)(H2,12,14). The number of carbonyl (C=O) groups excluding carboxylic acids is 2. The predicted molar refractivity (Wildman–Crippen MR) is 58.6 cm³/mol. The largest absolute Gasteiger partial charge is 0.449 e. The van der Waals surface area contributed by atoms with Crippen molar-refractivity contribution in [2.75, 3.05) is 13.2 Å². The first-order chi connectivity index (χ1) is 7.51. The molecule has 0 bridgehead atoms. The lowest BCUT2D eigenvalue weighted by Crippen LogP contribution is -2.29. The van der Waals surface area contributed by atoms with Crippen molar-refractivity contribution in [2.45, 2.75) is 26.7 Å². The number of hydrogen-bond acceptors (Lipinski definition) is 4. The van der Waals surface area contributed by atoms with Gasteiger partial charge in [-0.2, -0.15) is 0 Å². The highest BCUT2D eigenvalue weighted by Crippen LogP contribution is 2.20. The molecule has 0 aromatic carbocycles. The van der Waals surface area contributed by atoms with Crippen molar-refractivity contribution in [1.82, 2.24) is 0 Å². The molecule has 0 unspecified atom stereocenters. The molecule has 0 aromatic rings. The van der Waals surface area contributed by atoms with E-state index in [2.05, 4.69) is 0 Å². The molecular weight excluding hydrogens is 212 g/mol. The SMILES string of the molecule is CCC(CC)C(COC(N)=O)COC(N)=O. The Balaban J connectivity index is 4.24. The van der Waals surface area contributed by atoms with E-state index in [1.54, 1.807) is 0 Å². The second-order valence-corrected chi connectivity index (χ2v) is 3.60. The number of primary amides is 2. The Morgan fingerprint density at radius 3 is 1.56 bits per heavy atom. The molecule has 0 aliphatic rings. The molecule has 0 rings (SSSR count). The summed E-state index contributed by atoms with van der Waals surface area (Å²) in [6.45, 7) is 4.34. The summed E-state index contributed by atoms with van der Waals surface area (Å²) >= 11 is 0. The molecular formula is C10H20N2O4. The highest BCUT2D eigenvalue weighted by atomic mass is 16.6. The van der Waals surface area contributed by atoms with Crippen molar-refractivity contribution < 1.29 is 19.1 Å². The van der Waals surface area contributed by atoms with Crippen LogP contribution in [0.3, 0.4) is 0 Å². The molecule has 6 nitrogen and oxygen atoms in total. The molecule has 94 valence electrons. The molecule has 4 N–H and O–H groups in total. The van der Waals surface area contributed by atoms with Crippen LogP contribution in [0.4, 0.5) is 9.59 Å². The second-order valence-electron chi connectivity index (χ2n) is 3.60. The molecule has 0 radical (unpaired) electrons. The number of rotatable bonds is 7. The van der Waals surface area contributed by atoms with Crippen molar-refractivity contribution in [3.63, 3.8) is 0 Å². The molecule has 0 aliphatic heterocycles. The summed E-state index contributed by atoms with van der Waals surface area (Å²) in [5.74, 6) is 0.244. The minimum absolute atomic E-state index is 0.0602. The summed E-state index contributed by atoms with van der Waals surface area (Å²) in [7, 11) is 0. The maximum absolute atomic E-state index is 10.5. The lowest BCUT2D eigenvalue weighted by molar-refractivity contribution is 0.0669. The molecule has 0 spiro atoms. The number of ether oxygens (including phenoxy) is 2. The van der Waals surface area contributed by atoms with Crippen molar-refractivity contribution in [3.8, 4) is 0 Å². The van der Waals surface area contributed by atoms with E-state index in [1.165, 1.54) is 0 Å². The zero-order valence-electron chi connectivity index (χ0n) is 9.77. The molecule has 6 heteroatoms. The van der Waals surface area contributed by atoms with Gasteiger partial charge in [0.2, 0.25) is 0 Å². The van der Waals surface area contributed by atoms with E-state index >= 15 is 0 Å². The Bertz CT molecular complexity index is 211. The van der Waals surface area contributed by atoms with Gasteiger partial charge in [0.25, 0.3) is 0 Å². The van der Waals surface area contributed by atoms with Gasteiger partial charge in [0.15, 0.2) is 0 Å². The quantitative estimate of drug-likeness (QED) is 0.688. The van der Waals surface area contributed by atoms with E-state index in [1.807, 2.05) is 13.8 Å². The van der Waals surface area contributed by atoms with Gasteiger partial charge in [-0.1, -0.05) is 26.7 Å². The van der Waals surface area contributed by atoms with Crippen molar-refractivity contribution in [2.24, 2.45) is 23.3 Å². The summed E-state index contributed by atoms with van der Waals surface area (Å²) in [5.41, 5.74) is 9.77. The van der Waals surface area contributed by atoms with E-state index in [9.17, 15) is 9.59 Å². The zero-order chi connectivity index (χ0) is 12.6. The Morgan fingerprint density at radius 2 is 1.31 bits per heavy atom. The monoisotopic (exact) mass is 232 g/mol. The first-order valence-electron chi connectivity index (χ1n) is 5.35. The van der Waals surface area contributed by atoms with E-state index in [-0.39, 0.29) is 19.1 Å². The second kappa shape index (κ2) is 7.78. The van der Waals surface area contributed by atoms with Crippen LogP contribution in [0.15, 0.2) is 0 Å². The molecule has 0 aliphatic carbocycles. The summed E-state index contributed by atoms with van der Waals surface area (Å²) in [5, 5.41) is 0. The third kappa shape index (κ3) is 6.10. The number of nitrogens with two attached hydrogens (primary N) is 2. The fourth-order valence-electron chi connectivity index (χ4n) is 1.65. The normalized spacial score (nSPS) is 10.5. The average Bonchev–Trinajstić information content (AvgIpc) is 2.22. The lowest BCUT2D eigenvalue weighted by Gasteiger charge is -2.23. The molecule has 0 atom stereocenters. The Labute approximate surface area is 95.3 Å². The van der Waals surface area contributed by atoms with Crippen LogP contribution >= 0.6 is 0 Å². The van der Waals surface area contributed by atoms with Gasteiger partial charge in [0, 0.05) is 5.92 Å². The van der Waals surface area contributed by atoms with Crippen molar-refractivity contribution in [1.29, 1.82) is 0 Å². The van der Waals surface area contributed by atoms with E-state index < -0.39 is 12.2 Å². The van der Waals surface area contributed by atoms with Crippen LogP contribution in [-0.4, -0.2) is 25.4 Å². The molecule has 16 heavy (non-hydrogen) atoms. The van der Waals surface area contributed by atoms with Crippen LogP contribution in [0.25, 0.3) is 0 Å². The number of carbonyl (C=O) groups is 2. The maximum atomic E-state index is 10.5. The van der Waals surface area contributed by atoms with Crippen molar-refractivity contribution >= 4 is 12.2 Å². The van der Waals surface area contributed by atoms with Crippen LogP contribution in [0.5, 0.6) is 0 Å². The Kier molecular flexibility index (Phi) is 7.07. The van der Waals surface area contributed by atoms with Gasteiger partial charge in [0.05, 0.1) is 13.2 Å². The summed E-state index contributed by atoms with van der Waals surface area (Å²) < 4.78 is 9.46. The number of amides is 2. The smallest absolute Gasteiger partial charge is 0.404 e.